The number of aliphatic hydroxyl groups is 1. The van der Waals surface area contributed by atoms with Crippen LogP contribution in [-0.2, 0) is 19.9 Å². The molecule has 0 unspecified atom stereocenters. The highest BCUT2D eigenvalue weighted by atomic mass is 32.1. The molecule has 226 valence electrons. The summed E-state index contributed by atoms with van der Waals surface area (Å²) in [6.07, 6.45) is 2.04. The fourth-order valence-corrected chi connectivity index (χ4v) is 7.55. The first-order chi connectivity index (χ1) is 19.4. The molecular formula is C30H39F3N2O5S. The third kappa shape index (κ3) is 7.42. The van der Waals surface area contributed by atoms with E-state index < -0.39 is 23.7 Å². The van der Waals surface area contributed by atoms with E-state index >= 15 is 0 Å². The Balaban J connectivity index is 0.000000493. The molecule has 4 aliphatic rings. The van der Waals surface area contributed by atoms with Crippen molar-refractivity contribution >= 4 is 29.0 Å². The van der Waals surface area contributed by atoms with Crippen LogP contribution in [0.15, 0.2) is 47.8 Å². The van der Waals surface area contributed by atoms with Crippen LogP contribution in [0.25, 0.3) is 0 Å². The van der Waals surface area contributed by atoms with Gasteiger partial charge >= 0.3 is 12.1 Å². The number of ether oxygens (including phenoxy) is 1. The summed E-state index contributed by atoms with van der Waals surface area (Å²) in [6.45, 7) is 5.42. The van der Waals surface area contributed by atoms with Crippen molar-refractivity contribution in [3.63, 3.8) is 0 Å². The van der Waals surface area contributed by atoms with Gasteiger partial charge in [-0.15, -0.1) is 11.3 Å². The number of thiophene rings is 1. The van der Waals surface area contributed by atoms with Crippen molar-refractivity contribution in [3.05, 3.63) is 52.7 Å². The minimum absolute atomic E-state index is 0.0311. The summed E-state index contributed by atoms with van der Waals surface area (Å²) < 4.78 is 38.8. The number of aliphatic carboxylic acids is 1. The lowest BCUT2D eigenvalue weighted by Crippen LogP contribution is -2.65. The highest BCUT2D eigenvalue weighted by Gasteiger charge is 2.53. The number of piperidine rings is 3. The molecule has 7 nitrogen and oxygen atoms in total. The molecule has 0 spiro atoms. The zero-order valence-corrected chi connectivity index (χ0v) is 24.2. The fourth-order valence-electron chi connectivity index (χ4n) is 6.66. The fraction of sp³-hybridized carbons (Fsp3) is 0.600. The zero-order chi connectivity index (χ0) is 29.7. The number of hydrogen-bond acceptors (Lipinski definition) is 7. The first kappa shape index (κ1) is 31.3. The molecule has 3 aliphatic heterocycles. The maximum absolute atomic E-state index is 13.6. The predicted molar refractivity (Wildman–Crippen MR) is 148 cm³/mol. The summed E-state index contributed by atoms with van der Waals surface area (Å²) in [6, 6.07) is 14.4. The third-order valence-electron chi connectivity index (χ3n) is 9.01. The van der Waals surface area contributed by atoms with Crippen LogP contribution >= 0.6 is 11.3 Å². The van der Waals surface area contributed by atoms with Crippen molar-refractivity contribution in [1.82, 2.24) is 0 Å². The molecule has 1 aromatic carbocycles. The van der Waals surface area contributed by atoms with Gasteiger partial charge in [0.15, 0.2) is 11.7 Å². The number of halogens is 3. The maximum Gasteiger partial charge on any atom is 0.430 e. The quantitative estimate of drug-likeness (QED) is 0.346. The van der Waals surface area contributed by atoms with E-state index in [9.17, 15) is 23.1 Å². The SMILES string of the molecule is CN(CCC[N+]12CCC(CC1)[C@@H](OC(=O)[C@](O)(c1cccs1)C1CCCC1)C2)c1ccccc1.O=C([O-])C(F)(F)F. The van der Waals surface area contributed by atoms with Crippen molar-refractivity contribution in [2.75, 3.05) is 44.7 Å². The van der Waals surface area contributed by atoms with Crippen molar-refractivity contribution in [2.24, 2.45) is 11.8 Å². The number of esters is 1. The number of carboxylic acid groups (broad SMARTS) is 1. The highest BCUT2D eigenvalue weighted by molar-refractivity contribution is 7.10. The van der Waals surface area contributed by atoms with Crippen LogP contribution in [0, 0.1) is 11.8 Å². The lowest BCUT2D eigenvalue weighted by Gasteiger charge is -2.52. The van der Waals surface area contributed by atoms with Gasteiger partial charge in [0.2, 0.25) is 0 Å². The molecule has 1 aromatic heterocycles. The summed E-state index contributed by atoms with van der Waals surface area (Å²) in [7, 11) is 2.16. The van der Waals surface area contributed by atoms with E-state index in [1.807, 2.05) is 17.5 Å². The van der Waals surface area contributed by atoms with Crippen LogP contribution < -0.4 is 10.0 Å². The van der Waals surface area contributed by atoms with Crippen LogP contribution in [-0.4, -0.2) is 73.6 Å². The number of hydrogen-bond donors (Lipinski definition) is 1. The minimum atomic E-state index is -5.19. The number of alkyl halides is 3. The average Bonchev–Trinajstić information content (AvgIpc) is 3.69. The van der Waals surface area contributed by atoms with Crippen molar-refractivity contribution < 1.29 is 42.2 Å². The smallest absolute Gasteiger partial charge is 0.430 e. The van der Waals surface area contributed by atoms with Crippen LogP contribution in [0.2, 0.25) is 0 Å². The van der Waals surface area contributed by atoms with E-state index in [4.69, 9.17) is 14.6 Å². The molecule has 0 amide bonds. The van der Waals surface area contributed by atoms with Gasteiger partial charge in [0.1, 0.15) is 12.5 Å². The van der Waals surface area contributed by atoms with Gasteiger partial charge in [0.25, 0.3) is 0 Å². The van der Waals surface area contributed by atoms with Gasteiger partial charge < -0.3 is 29.1 Å². The second-order valence-corrected chi connectivity index (χ2v) is 12.5. The second kappa shape index (κ2) is 13.1. The summed E-state index contributed by atoms with van der Waals surface area (Å²) >= 11 is 1.47. The molecule has 1 N–H and O–H groups in total. The van der Waals surface area contributed by atoms with Crippen molar-refractivity contribution in [3.8, 4) is 0 Å². The van der Waals surface area contributed by atoms with Crippen LogP contribution in [0.1, 0.15) is 49.8 Å². The summed E-state index contributed by atoms with van der Waals surface area (Å²) in [5.41, 5.74) is -0.230. The molecule has 2 bridgehead atoms. The lowest BCUT2D eigenvalue weighted by atomic mass is 9.82. The van der Waals surface area contributed by atoms with Crippen molar-refractivity contribution in [1.29, 1.82) is 0 Å². The number of nitrogens with zero attached hydrogens (tertiary/aromatic N) is 2. The van der Waals surface area contributed by atoms with E-state index in [-0.39, 0.29) is 12.0 Å². The number of fused-ring (bicyclic) bond motifs is 3. The molecule has 11 heteroatoms. The predicted octanol–water partition coefficient (Wildman–Crippen LogP) is 4.10. The molecular weight excluding hydrogens is 557 g/mol. The molecule has 2 atom stereocenters. The molecule has 41 heavy (non-hydrogen) atoms. The lowest BCUT2D eigenvalue weighted by molar-refractivity contribution is -0.946. The first-order valence-corrected chi connectivity index (χ1v) is 15.2. The van der Waals surface area contributed by atoms with Crippen LogP contribution in [0.5, 0.6) is 0 Å². The van der Waals surface area contributed by atoms with Gasteiger partial charge in [0, 0.05) is 55.3 Å². The van der Waals surface area contributed by atoms with Gasteiger partial charge in [-0.1, -0.05) is 37.1 Å². The number of para-hydroxylation sites is 1. The number of anilines is 1. The highest BCUT2D eigenvalue weighted by Crippen LogP contribution is 2.44. The molecule has 1 aliphatic carbocycles. The average molecular weight is 597 g/mol. The Labute approximate surface area is 243 Å². The van der Waals surface area contributed by atoms with E-state index in [1.165, 1.54) is 30.1 Å². The van der Waals surface area contributed by atoms with Crippen LogP contribution in [0.3, 0.4) is 0 Å². The number of carbonyl (C=O) groups excluding carboxylic acids is 2. The summed E-state index contributed by atoms with van der Waals surface area (Å²) in [5, 5.41) is 22.5. The van der Waals surface area contributed by atoms with Crippen LogP contribution in [0.4, 0.5) is 18.9 Å². The second-order valence-electron chi connectivity index (χ2n) is 11.6. The van der Waals surface area contributed by atoms with E-state index in [0.717, 1.165) is 73.9 Å². The number of carbonyl (C=O) groups is 2. The molecule has 4 fully saturated rings. The number of benzene rings is 1. The largest absolute Gasteiger partial charge is 0.542 e. The Morgan fingerprint density at radius 1 is 1.07 bits per heavy atom. The number of rotatable bonds is 9. The van der Waals surface area contributed by atoms with E-state index in [0.29, 0.717) is 5.92 Å². The minimum Gasteiger partial charge on any atom is -0.542 e. The molecule has 1 saturated carbocycles. The van der Waals surface area contributed by atoms with E-state index in [1.54, 1.807) is 0 Å². The third-order valence-corrected chi connectivity index (χ3v) is 10.0. The van der Waals surface area contributed by atoms with Gasteiger partial charge in [-0.2, -0.15) is 13.2 Å². The topological polar surface area (TPSA) is 89.9 Å². The monoisotopic (exact) mass is 596 g/mol. The first-order valence-electron chi connectivity index (χ1n) is 14.3. The molecule has 3 saturated heterocycles. The number of quaternary nitrogens is 1. The van der Waals surface area contributed by atoms with E-state index in [2.05, 4.69) is 42.3 Å². The Kier molecular flexibility index (Phi) is 10.0. The number of carboxylic acids is 1. The Morgan fingerprint density at radius 2 is 1.71 bits per heavy atom. The standard InChI is InChI=1S/C28H39N2O3S.C2HF3O2/c1-29(24-11-3-2-4-12-24)16-8-17-30-18-14-22(15-19-30)25(21-30)33-27(31)28(32,23-9-5-6-10-23)26-13-7-20-34-26;3-2(4,5)1(6)7/h2-4,7,11-13,20,22-23,25,32H,5-6,8-10,14-19,21H2,1H3;(H,6,7)/q+1;/p-1/t22?,25-,28+,30?;/m0./s1. The summed E-state index contributed by atoms with van der Waals surface area (Å²) in [4.78, 5) is 25.4. The Bertz CT molecular complexity index is 1130. The normalized spacial score (nSPS) is 25.6. The van der Waals surface area contributed by atoms with Gasteiger partial charge in [-0.25, -0.2) is 4.79 Å². The van der Waals surface area contributed by atoms with Gasteiger partial charge in [-0.05, 0) is 36.4 Å². The Hall–Kier alpha value is -2.63. The van der Waals surface area contributed by atoms with Gasteiger partial charge in [-0.3, -0.25) is 0 Å². The zero-order valence-electron chi connectivity index (χ0n) is 23.4. The maximum atomic E-state index is 13.6. The molecule has 2 aromatic rings. The van der Waals surface area contributed by atoms with Crippen molar-refractivity contribution in [2.45, 2.75) is 62.8 Å². The van der Waals surface area contributed by atoms with Gasteiger partial charge in [0.05, 0.1) is 19.6 Å². The molecule has 6 rings (SSSR count). The molecule has 4 heterocycles. The summed E-state index contributed by atoms with van der Waals surface area (Å²) in [5.74, 6) is -3.00. The Morgan fingerprint density at radius 3 is 2.27 bits per heavy atom. The molecule has 0 radical (unpaired) electrons.